The van der Waals surface area contributed by atoms with Gasteiger partial charge in [0.05, 0.1) is 30.2 Å². The van der Waals surface area contributed by atoms with E-state index in [0.29, 0.717) is 65.6 Å². The number of hydrogen-bond donors (Lipinski definition) is 5. The summed E-state index contributed by atoms with van der Waals surface area (Å²) in [6.07, 6.45) is 5.67. The van der Waals surface area contributed by atoms with Crippen LogP contribution in [-0.4, -0.2) is 43.3 Å². The molecule has 0 spiro atoms. The van der Waals surface area contributed by atoms with Crippen molar-refractivity contribution in [2.45, 2.75) is 64.0 Å². The minimum absolute atomic E-state index is 0.342. The predicted molar refractivity (Wildman–Crippen MR) is 177 cm³/mol. The number of ether oxygens (including phenoxy) is 2. The second-order valence-corrected chi connectivity index (χ2v) is 11.5. The molecule has 46 heavy (non-hydrogen) atoms. The summed E-state index contributed by atoms with van der Waals surface area (Å²) in [6, 6.07) is 13.3. The number of carbonyl (C=O) groups excluding carboxylic acids is 4. The standard InChI is InChI=1S/C33H39ClN6O6/c1-4-5-6-8-27(29-17-21(13-16-35-29)24-11-10-23(38-31(43)45-3)19-28(24)37-20-41)39-30(42)36-15-7-14-33(2)25-18-22(34)9-12-26(25)40-32(44)46-33/h9-13,16-20,27H,4-8,14-15H2,1-3H3,(H,37,41)(H,38,43)(H,40,44)(H2,36,39,42)/t27?,33-/m1/s1. The highest BCUT2D eigenvalue weighted by Gasteiger charge is 2.37. The SMILES string of the molecule is CCCCCC(NC(=O)NCCC[C@@]1(C)OC(=O)Nc2ccc(Cl)cc21)c1cc(-c2ccc(NC(=O)OC)cc2NC=O)ccn1. The summed E-state index contributed by atoms with van der Waals surface area (Å²) in [6.45, 7) is 4.30. The molecule has 1 aliphatic heterocycles. The summed E-state index contributed by atoms with van der Waals surface area (Å²) < 4.78 is 10.3. The number of benzene rings is 2. The van der Waals surface area contributed by atoms with Gasteiger partial charge in [0, 0.05) is 34.6 Å². The molecule has 3 aromatic rings. The van der Waals surface area contributed by atoms with Crippen LogP contribution in [0.3, 0.4) is 0 Å². The molecule has 1 aliphatic rings. The molecule has 2 atom stereocenters. The summed E-state index contributed by atoms with van der Waals surface area (Å²) in [5, 5.41) is 14.5. The van der Waals surface area contributed by atoms with Gasteiger partial charge in [-0.2, -0.15) is 0 Å². The van der Waals surface area contributed by atoms with Crippen molar-refractivity contribution in [3.05, 3.63) is 71.0 Å². The van der Waals surface area contributed by atoms with Gasteiger partial charge < -0.3 is 25.4 Å². The number of methoxy groups -OCH3 is 1. The summed E-state index contributed by atoms with van der Waals surface area (Å²) >= 11 is 6.21. The summed E-state index contributed by atoms with van der Waals surface area (Å²) in [5.41, 5.74) is 3.62. The molecular weight excluding hydrogens is 612 g/mol. The monoisotopic (exact) mass is 650 g/mol. The number of pyridine rings is 1. The van der Waals surface area contributed by atoms with Gasteiger partial charge >= 0.3 is 18.2 Å². The number of urea groups is 1. The van der Waals surface area contributed by atoms with Crippen molar-refractivity contribution in [1.29, 1.82) is 0 Å². The molecule has 0 aliphatic carbocycles. The maximum Gasteiger partial charge on any atom is 0.412 e. The molecule has 2 heterocycles. The molecule has 0 bridgehead atoms. The van der Waals surface area contributed by atoms with Gasteiger partial charge in [-0.1, -0.05) is 43.9 Å². The van der Waals surface area contributed by atoms with Crippen molar-refractivity contribution >= 4 is 53.3 Å². The third kappa shape index (κ3) is 8.87. The van der Waals surface area contributed by atoms with Crippen LogP contribution in [-0.2, 0) is 19.9 Å². The van der Waals surface area contributed by atoms with E-state index in [1.54, 1.807) is 42.6 Å². The highest BCUT2D eigenvalue weighted by Crippen LogP contribution is 2.40. The van der Waals surface area contributed by atoms with Crippen LogP contribution in [0, 0.1) is 0 Å². The van der Waals surface area contributed by atoms with Gasteiger partial charge in [0.2, 0.25) is 6.41 Å². The predicted octanol–water partition coefficient (Wildman–Crippen LogP) is 7.33. The third-order valence-electron chi connectivity index (χ3n) is 7.74. The Bertz CT molecular complexity index is 1570. The average molecular weight is 651 g/mol. The Hall–Kier alpha value is -4.84. The topological polar surface area (TPSA) is 160 Å². The molecule has 1 aromatic heterocycles. The fraction of sp³-hybridized carbons (Fsp3) is 0.364. The number of amides is 5. The summed E-state index contributed by atoms with van der Waals surface area (Å²) in [4.78, 5) is 52.8. The fourth-order valence-corrected chi connectivity index (χ4v) is 5.58. The number of aromatic nitrogens is 1. The second kappa shape index (κ2) is 15.9. The van der Waals surface area contributed by atoms with Crippen molar-refractivity contribution in [2.75, 3.05) is 29.6 Å². The first-order valence-corrected chi connectivity index (χ1v) is 15.5. The number of nitrogens with zero attached hydrogens (tertiary/aromatic N) is 1. The van der Waals surface area contributed by atoms with E-state index in [0.717, 1.165) is 30.4 Å². The highest BCUT2D eigenvalue weighted by atomic mass is 35.5. The molecule has 0 fully saturated rings. The van der Waals surface area contributed by atoms with E-state index in [2.05, 4.69) is 43.2 Å². The Kier molecular flexibility index (Phi) is 11.8. The molecular formula is C33H39ClN6O6. The van der Waals surface area contributed by atoms with Crippen molar-refractivity contribution in [3.63, 3.8) is 0 Å². The minimum atomic E-state index is -0.890. The fourth-order valence-electron chi connectivity index (χ4n) is 5.41. The van der Waals surface area contributed by atoms with Crippen molar-refractivity contribution in [3.8, 4) is 11.1 Å². The van der Waals surface area contributed by atoms with Crippen LogP contribution in [0.15, 0.2) is 54.7 Å². The van der Waals surface area contributed by atoms with Crippen LogP contribution in [0.5, 0.6) is 0 Å². The van der Waals surface area contributed by atoms with Gasteiger partial charge in [0.25, 0.3) is 0 Å². The van der Waals surface area contributed by atoms with Crippen molar-refractivity contribution < 1.29 is 28.7 Å². The number of halogens is 1. The number of cyclic esters (lactones) is 1. The first-order valence-electron chi connectivity index (χ1n) is 15.2. The van der Waals surface area contributed by atoms with Gasteiger partial charge in [-0.05, 0) is 74.2 Å². The first-order chi connectivity index (χ1) is 22.1. The molecule has 244 valence electrons. The smallest absolute Gasteiger partial charge is 0.412 e. The van der Waals surface area contributed by atoms with Gasteiger partial charge in [-0.25, -0.2) is 14.4 Å². The van der Waals surface area contributed by atoms with Gasteiger partial charge in [-0.15, -0.1) is 0 Å². The molecule has 12 nitrogen and oxygen atoms in total. The number of nitrogens with one attached hydrogen (secondary N) is 5. The van der Waals surface area contributed by atoms with E-state index >= 15 is 0 Å². The van der Waals surface area contributed by atoms with E-state index in [1.165, 1.54) is 7.11 Å². The van der Waals surface area contributed by atoms with E-state index in [-0.39, 0.29) is 12.1 Å². The number of fused-ring (bicyclic) bond motifs is 1. The molecule has 0 radical (unpaired) electrons. The largest absolute Gasteiger partial charge is 0.453 e. The summed E-state index contributed by atoms with van der Waals surface area (Å²) in [7, 11) is 1.27. The first kappa shape index (κ1) is 34.0. The molecule has 0 saturated carbocycles. The van der Waals surface area contributed by atoms with E-state index in [4.69, 9.17) is 16.3 Å². The second-order valence-electron chi connectivity index (χ2n) is 11.1. The van der Waals surface area contributed by atoms with Crippen LogP contribution in [0.25, 0.3) is 11.1 Å². The number of unbranched alkanes of at least 4 members (excludes halogenated alkanes) is 2. The number of rotatable bonds is 14. The highest BCUT2D eigenvalue weighted by molar-refractivity contribution is 6.30. The number of hydrogen-bond acceptors (Lipinski definition) is 7. The van der Waals surface area contributed by atoms with Crippen LogP contribution in [0.2, 0.25) is 5.02 Å². The Labute approximate surface area is 273 Å². The lowest BCUT2D eigenvalue weighted by Crippen LogP contribution is -2.40. The van der Waals surface area contributed by atoms with Crippen LogP contribution in [0.1, 0.15) is 69.7 Å². The van der Waals surface area contributed by atoms with Crippen molar-refractivity contribution in [2.24, 2.45) is 0 Å². The Morgan fingerprint density at radius 2 is 1.96 bits per heavy atom. The molecule has 0 saturated heterocycles. The van der Waals surface area contributed by atoms with Gasteiger partial charge in [0.15, 0.2) is 0 Å². The van der Waals surface area contributed by atoms with E-state index in [9.17, 15) is 19.2 Å². The lowest BCUT2D eigenvalue weighted by molar-refractivity contribution is -0.105. The molecule has 2 aromatic carbocycles. The third-order valence-corrected chi connectivity index (χ3v) is 7.97. The van der Waals surface area contributed by atoms with Gasteiger partial charge in [-0.3, -0.25) is 20.4 Å². The maximum atomic E-state index is 13.1. The maximum absolute atomic E-state index is 13.1. The lowest BCUT2D eigenvalue weighted by atomic mass is 9.88. The van der Waals surface area contributed by atoms with Crippen LogP contribution >= 0.6 is 11.6 Å². The molecule has 1 unspecified atom stereocenters. The van der Waals surface area contributed by atoms with E-state index in [1.807, 2.05) is 19.1 Å². The normalized spacial score (nSPS) is 15.8. The average Bonchev–Trinajstić information content (AvgIpc) is 3.03. The Balaban J connectivity index is 1.44. The zero-order chi connectivity index (χ0) is 33.1. The molecule has 13 heteroatoms. The summed E-state index contributed by atoms with van der Waals surface area (Å²) in [5.74, 6) is 0. The molecule has 5 N–H and O–H groups in total. The molecule has 4 rings (SSSR count). The Morgan fingerprint density at radius 3 is 2.72 bits per heavy atom. The van der Waals surface area contributed by atoms with Crippen molar-refractivity contribution in [1.82, 2.24) is 15.6 Å². The van der Waals surface area contributed by atoms with Crippen LogP contribution in [0.4, 0.5) is 31.4 Å². The van der Waals surface area contributed by atoms with E-state index < -0.39 is 17.8 Å². The molecule has 5 amide bonds. The number of anilines is 3. The zero-order valence-electron chi connectivity index (χ0n) is 26.1. The number of carbonyl (C=O) groups is 4. The minimum Gasteiger partial charge on any atom is -0.453 e. The lowest BCUT2D eigenvalue weighted by Gasteiger charge is -2.36. The quantitative estimate of drug-likeness (QED) is 0.0902. The van der Waals surface area contributed by atoms with Crippen LogP contribution < -0.4 is 26.6 Å². The Morgan fingerprint density at radius 1 is 1.13 bits per heavy atom. The van der Waals surface area contributed by atoms with Gasteiger partial charge in [0.1, 0.15) is 5.60 Å². The zero-order valence-corrected chi connectivity index (χ0v) is 26.8.